The number of rotatable bonds is 6. The normalized spacial score (nSPS) is 29.2. The second kappa shape index (κ2) is 8.13. The summed E-state index contributed by atoms with van der Waals surface area (Å²) >= 11 is 21.7. The van der Waals surface area contributed by atoms with E-state index in [1.165, 1.54) is 27.7 Å². The van der Waals surface area contributed by atoms with Gasteiger partial charge in [-0.25, -0.2) is 9.48 Å². The molecule has 0 aliphatic carbocycles. The molecule has 2 saturated heterocycles. The molecule has 154 valence electrons. The van der Waals surface area contributed by atoms with Crippen molar-refractivity contribution in [2.75, 3.05) is 11.9 Å². The van der Waals surface area contributed by atoms with Gasteiger partial charge in [0.1, 0.15) is 36.9 Å². The molecule has 1 aromatic heterocycles. The molecule has 0 saturated carbocycles. The average Bonchev–Trinajstić information content (AvgIpc) is 3.22. The van der Waals surface area contributed by atoms with Crippen molar-refractivity contribution in [2.24, 2.45) is 0 Å². The summed E-state index contributed by atoms with van der Waals surface area (Å²) in [6.45, 7) is 1.26. The smallest absolute Gasteiger partial charge is 0.330 e. The van der Waals surface area contributed by atoms with Gasteiger partial charge in [0.05, 0.1) is 4.75 Å². The zero-order chi connectivity index (χ0) is 20.7. The van der Waals surface area contributed by atoms with Crippen LogP contribution in [0.4, 0.5) is 0 Å². The Morgan fingerprint density at radius 1 is 1.46 bits per heavy atom. The Bertz CT molecular complexity index is 781. The molecular formula is C13H14BrCl3N6O4S. The fourth-order valence-corrected chi connectivity index (χ4v) is 5.45. The lowest BCUT2D eigenvalue weighted by atomic mass is 9.96. The third kappa shape index (κ3) is 4.35. The number of ether oxygens (including phenoxy) is 1. The van der Waals surface area contributed by atoms with Crippen LogP contribution in [0.1, 0.15) is 6.92 Å². The van der Waals surface area contributed by atoms with E-state index >= 15 is 0 Å². The van der Waals surface area contributed by atoms with Gasteiger partial charge in [0.2, 0.25) is 15.6 Å². The quantitative estimate of drug-likeness (QED) is 0.317. The van der Waals surface area contributed by atoms with Crippen LogP contribution in [0, 0.1) is 0 Å². The van der Waals surface area contributed by atoms with E-state index in [2.05, 4.69) is 36.8 Å². The average molecular weight is 537 g/mol. The fourth-order valence-electron chi connectivity index (χ4n) is 2.97. The van der Waals surface area contributed by atoms with E-state index in [9.17, 15) is 14.4 Å². The number of fused-ring (bicyclic) bond motifs is 1. The van der Waals surface area contributed by atoms with E-state index in [1.54, 1.807) is 0 Å². The molecule has 15 heteroatoms. The molecule has 1 N–H and O–H groups in total. The van der Waals surface area contributed by atoms with Crippen LogP contribution in [-0.4, -0.2) is 80.8 Å². The van der Waals surface area contributed by atoms with Crippen LogP contribution < -0.4 is 5.32 Å². The minimum atomic E-state index is -1.75. The van der Waals surface area contributed by atoms with Crippen molar-refractivity contribution >= 4 is 80.3 Å². The minimum Gasteiger partial charge on any atom is -0.460 e. The topological polar surface area (TPSA) is 119 Å². The molecule has 0 bridgehead atoms. The van der Waals surface area contributed by atoms with Gasteiger partial charge in [0.25, 0.3) is 0 Å². The van der Waals surface area contributed by atoms with Gasteiger partial charge >= 0.3 is 5.97 Å². The first-order valence-corrected chi connectivity index (χ1v) is 11.0. The van der Waals surface area contributed by atoms with Gasteiger partial charge in [0, 0.05) is 5.33 Å². The van der Waals surface area contributed by atoms with E-state index in [1.807, 2.05) is 6.92 Å². The third-order valence-electron chi connectivity index (χ3n) is 4.21. The molecule has 10 nitrogen and oxygen atoms in total. The molecule has 1 aromatic rings. The fraction of sp³-hybridized carbons (Fsp3) is 0.692. The van der Waals surface area contributed by atoms with E-state index in [4.69, 9.17) is 39.5 Å². The van der Waals surface area contributed by atoms with Gasteiger partial charge in [-0.1, -0.05) is 50.7 Å². The number of aromatic nitrogens is 4. The van der Waals surface area contributed by atoms with Crippen molar-refractivity contribution in [3.63, 3.8) is 0 Å². The number of esters is 1. The molecule has 4 atom stereocenters. The number of hydrogen-bond donors (Lipinski definition) is 1. The van der Waals surface area contributed by atoms with Crippen molar-refractivity contribution in [3.05, 3.63) is 6.33 Å². The summed E-state index contributed by atoms with van der Waals surface area (Å²) in [4.78, 5) is 38.8. The van der Waals surface area contributed by atoms with Crippen LogP contribution in [0.3, 0.4) is 0 Å². The first-order valence-electron chi connectivity index (χ1n) is 7.85. The van der Waals surface area contributed by atoms with Crippen molar-refractivity contribution in [1.82, 2.24) is 30.4 Å². The van der Waals surface area contributed by atoms with Gasteiger partial charge in [-0.2, -0.15) is 0 Å². The molecule has 2 aliphatic rings. The number of amides is 2. The van der Waals surface area contributed by atoms with Gasteiger partial charge in [0.15, 0.2) is 0 Å². The number of halogens is 4. The number of thioether (sulfide) groups is 1. The second-order valence-corrected chi connectivity index (χ2v) is 11.1. The predicted molar refractivity (Wildman–Crippen MR) is 105 cm³/mol. The first-order chi connectivity index (χ1) is 13.1. The Balaban J connectivity index is 1.68. The van der Waals surface area contributed by atoms with Gasteiger partial charge in [-0.15, -0.1) is 16.9 Å². The number of alkyl halides is 4. The maximum atomic E-state index is 12.7. The van der Waals surface area contributed by atoms with Gasteiger partial charge < -0.3 is 15.0 Å². The Kier molecular flexibility index (Phi) is 6.35. The zero-order valence-electron chi connectivity index (χ0n) is 14.2. The molecular weight excluding hydrogens is 523 g/mol. The van der Waals surface area contributed by atoms with E-state index in [0.29, 0.717) is 5.33 Å². The lowest BCUT2D eigenvalue weighted by Crippen LogP contribution is -2.71. The van der Waals surface area contributed by atoms with Crippen molar-refractivity contribution in [3.8, 4) is 0 Å². The summed E-state index contributed by atoms with van der Waals surface area (Å²) in [5.41, 5.74) is 0. The van der Waals surface area contributed by atoms with E-state index < -0.39 is 44.5 Å². The molecule has 2 fully saturated rings. The maximum absolute atomic E-state index is 12.7. The first kappa shape index (κ1) is 21.9. The van der Waals surface area contributed by atoms with Crippen LogP contribution in [0.2, 0.25) is 0 Å². The maximum Gasteiger partial charge on any atom is 0.330 e. The Morgan fingerprint density at radius 3 is 2.75 bits per heavy atom. The minimum absolute atomic E-state index is 0.126. The Morgan fingerprint density at radius 2 is 2.18 bits per heavy atom. The summed E-state index contributed by atoms with van der Waals surface area (Å²) in [7, 11) is 0. The molecule has 0 aromatic carbocycles. The Labute approximate surface area is 187 Å². The number of hydrogen-bond acceptors (Lipinski definition) is 8. The van der Waals surface area contributed by atoms with Crippen molar-refractivity contribution in [2.45, 2.75) is 39.5 Å². The Hall–Kier alpha value is -0.820. The SMILES string of the molecule is CC1(CBr)S[C@H]2C(NC(=O)Cn3cnnn3)C(=O)N2C1C(=O)OCC(Cl)(Cl)Cl. The highest BCUT2D eigenvalue weighted by Crippen LogP contribution is 2.52. The summed E-state index contributed by atoms with van der Waals surface area (Å²) in [6, 6.07) is -1.65. The predicted octanol–water partition coefficient (Wildman–Crippen LogP) is 0.509. The molecule has 3 heterocycles. The molecule has 0 radical (unpaired) electrons. The molecule has 2 aliphatic heterocycles. The zero-order valence-corrected chi connectivity index (χ0v) is 18.9. The summed E-state index contributed by atoms with van der Waals surface area (Å²) < 4.78 is 3.90. The number of carbonyl (C=O) groups excluding carboxylic acids is 3. The van der Waals surface area contributed by atoms with Gasteiger partial charge in [-0.05, 0) is 17.4 Å². The van der Waals surface area contributed by atoms with Gasteiger partial charge in [-0.3, -0.25) is 9.59 Å². The number of nitrogens with zero attached hydrogens (tertiary/aromatic N) is 5. The highest BCUT2D eigenvalue weighted by Gasteiger charge is 2.65. The van der Waals surface area contributed by atoms with Crippen LogP contribution in [0.5, 0.6) is 0 Å². The highest BCUT2D eigenvalue weighted by molar-refractivity contribution is 9.09. The molecule has 2 amide bonds. The lowest BCUT2D eigenvalue weighted by molar-refractivity contribution is -0.164. The van der Waals surface area contributed by atoms with Crippen molar-refractivity contribution < 1.29 is 19.1 Å². The standard InChI is InChI=1S/C13H14BrCl3N6O4S/c1-12(3-14)8(11(26)27-4-13(15,16)17)23-9(25)7(10(23)28-12)19-6(24)2-22-5-18-20-21-22/h5,7-8,10H,2-4H2,1H3,(H,19,24)/t7?,8?,10-,12?/m0/s1. The highest BCUT2D eigenvalue weighted by atomic mass is 79.9. The largest absolute Gasteiger partial charge is 0.460 e. The number of β-lactam (4-membered cyclic amide) rings is 1. The van der Waals surface area contributed by atoms with Crippen LogP contribution in [0.15, 0.2) is 6.33 Å². The summed E-state index contributed by atoms with van der Waals surface area (Å²) in [5.74, 6) is -1.48. The molecule has 28 heavy (non-hydrogen) atoms. The molecule has 3 unspecified atom stereocenters. The summed E-state index contributed by atoms with van der Waals surface area (Å²) in [6.07, 6.45) is 1.29. The molecule has 3 rings (SSSR count). The van der Waals surface area contributed by atoms with E-state index in [0.717, 1.165) is 0 Å². The number of tetrazole rings is 1. The number of carbonyl (C=O) groups is 3. The van der Waals surface area contributed by atoms with Crippen LogP contribution in [-0.2, 0) is 25.7 Å². The third-order valence-corrected chi connectivity index (χ3v) is 7.72. The number of nitrogens with one attached hydrogen (secondary N) is 1. The molecule has 0 spiro atoms. The van der Waals surface area contributed by atoms with Crippen LogP contribution in [0.25, 0.3) is 0 Å². The second-order valence-electron chi connectivity index (χ2n) is 6.38. The van der Waals surface area contributed by atoms with Crippen LogP contribution >= 0.6 is 62.5 Å². The van der Waals surface area contributed by atoms with Crippen molar-refractivity contribution in [1.29, 1.82) is 0 Å². The monoisotopic (exact) mass is 534 g/mol. The van der Waals surface area contributed by atoms with E-state index in [-0.39, 0.29) is 12.5 Å². The lowest BCUT2D eigenvalue weighted by Gasteiger charge is -2.44. The summed E-state index contributed by atoms with van der Waals surface area (Å²) in [5, 5.41) is 13.1.